The molecule has 1 atom stereocenters. The minimum atomic E-state index is -4.63. The summed E-state index contributed by atoms with van der Waals surface area (Å²) in [7, 11) is 0. The Hall–Kier alpha value is -1.51. The van der Waals surface area contributed by atoms with Gasteiger partial charge in [-0.25, -0.2) is 9.37 Å². The van der Waals surface area contributed by atoms with E-state index in [0.29, 0.717) is 44.7 Å². The number of pyridine rings is 1. The van der Waals surface area contributed by atoms with Crippen LogP contribution in [0.1, 0.15) is 18.4 Å². The van der Waals surface area contributed by atoms with E-state index in [1.54, 1.807) is 4.90 Å². The number of carbonyl (C=O) groups excluding carboxylic acids is 1. The van der Waals surface area contributed by atoms with Gasteiger partial charge in [0.25, 0.3) is 0 Å². The number of aromatic nitrogens is 1. The third kappa shape index (κ3) is 4.19. The van der Waals surface area contributed by atoms with E-state index in [-0.39, 0.29) is 24.2 Å². The number of thioether (sulfide) groups is 1. The average molecular weight is 377 g/mol. The summed E-state index contributed by atoms with van der Waals surface area (Å²) in [6, 6.07) is 0.468. The van der Waals surface area contributed by atoms with Crippen molar-refractivity contribution in [3.63, 3.8) is 0 Å². The van der Waals surface area contributed by atoms with Crippen molar-refractivity contribution >= 4 is 23.5 Å². The Kier molecular flexibility index (Phi) is 5.41. The molecular formula is C16H19F4N3OS. The van der Waals surface area contributed by atoms with Crippen LogP contribution in [0.5, 0.6) is 0 Å². The normalized spacial score (nSPS) is 22.2. The van der Waals surface area contributed by atoms with Crippen molar-refractivity contribution in [1.29, 1.82) is 0 Å². The van der Waals surface area contributed by atoms with Crippen LogP contribution in [-0.4, -0.2) is 53.5 Å². The number of amides is 1. The minimum Gasteiger partial charge on any atom is -0.353 e. The molecule has 2 fully saturated rings. The van der Waals surface area contributed by atoms with E-state index >= 15 is 0 Å². The topological polar surface area (TPSA) is 36.4 Å². The van der Waals surface area contributed by atoms with Crippen LogP contribution in [0.3, 0.4) is 0 Å². The quantitative estimate of drug-likeness (QED) is 0.743. The highest BCUT2D eigenvalue weighted by Gasteiger charge is 2.34. The van der Waals surface area contributed by atoms with Gasteiger partial charge in [0.05, 0.1) is 11.5 Å². The smallest absolute Gasteiger partial charge is 0.353 e. The lowest BCUT2D eigenvalue weighted by atomic mass is 9.96. The molecule has 0 N–H and O–H groups in total. The summed E-state index contributed by atoms with van der Waals surface area (Å²) < 4.78 is 52.1. The molecule has 2 aliphatic rings. The highest BCUT2D eigenvalue weighted by molar-refractivity contribution is 7.99. The van der Waals surface area contributed by atoms with Gasteiger partial charge in [0.15, 0.2) is 11.6 Å². The summed E-state index contributed by atoms with van der Waals surface area (Å²) in [5, 5.41) is 0. The molecule has 1 aromatic rings. The summed E-state index contributed by atoms with van der Waals surface area (Å²) in [6.45, 7) is 2.20. The standard InChI is InChI=1S/C16H19F4N3OS/c17-13-8-12(16(18,19)20)9-21-14(13)23-3-1-2-11(10-23)15(24)22-4-6-25-7-5-22/h8-9,11H,1-7,10H2. The van der Waals surface area contributed by atoms with Crippen LogP contribution in [0.25, 0.3) is 0 Å². The van der Waals surface area contributed by atoms with Gasteiger partial charge in [-0.3, -0.25) is 4.79 Å². The third-order valence-electron chi connectivity index (χ3n) is 4.54. The number of nitrogens with zero attached hydrogens (tertiary/aromatic N) is 3. The zero-order valence-electron chi connectivity index (χ0n) is 13.6. The number of anilines is 1. The summed E-state index contributed by atoms with van der Waals surface area (Å²) in [5.74, 6) is 0.504. The fraction of sp³-hybridized carbons (Fsp3) is 0.625. The first kappa shape index (κ1) is 18.3. The van der Waals surface area contributed by atoms with Crippen LogP contribution in [0.2, 0.25) is 0 Å². The molecule has 4 nitrogen and oxygen atoms in total. The molecule has 1 aromatic heterocycles. The van der Waals surface area contributed by atoms with Crippen LogP contribution in [-0.2, 0) is 11.0 Å². The molecule has 3 rings (SSSR count). The molecule has 0 radical (unpaired) electrons. The summed E-state index contributed by atoms with van der Waals surface area (Å²) in [6.07, 6.45) is -2.59. The molecule has 1 unspecified atom stereocenters. The maximum absolute atomic E-state index is 14.1. The van der Waals surface area contributed by atoms with E-state index in [9.17, 15) is 22.4 Å². The summed E-state index contributed by atoms with van der Waals surface area (Å²) >= 11 is 1.81. The summed E-state index contributed by atoms with van der Waals surface area (Å²) in [4.78, 5) is 19.7. The first-order chi connectivity index (χ1) is 11.9. The van der Waals surface area contributed by atoms with Gasteiger partial charge in [-0.15, -0.1) is 0 Å². The monoisotopic (exact) mass is 377 g/mol. The van der Waals surface area contributed by atoms with Gasteiger partial charge >= 0.3 is 6.18 Å². The van der Waals surface area contributed by atoms with Crippen molar-refractivity contribution < 1.29 is 22.4 Å². The predicted octanol–water partition coefficient (Wildman–Crippen LogP) is 3.03. The largest absolute Gasteiger partial charge is 0.417 e. The van der Waals surface area contributed by atoms with Crippen molar-refractivity contribution in [1.82, 2.24) is 9.88 Å². The molecule has 3 heterocycles. The lowest BCUT2D eigenvalue weighted by Gasteiger charge is -2.36. The van der Waals surface area contributed by atoms with Crippen LogP contribution in [0.4, 0.5) is 23.4 Å². The number of hydrogen-bond donors (Lipinski definition) is 0. The lowest BCUT2D eigenvalue weighted by molar-refractivity contribution is -0.138. The van der Waals surface area contributed by atoms with E-state index in [1.807, 2.05) is 16.7 Å². The van der Waals surface area contributed by atoms with E-state index in [4.69, 9.17) is 0 Å². The van der Waals surface area contributed by atoms with Crippen molar-refractivity contribution in [2.75, 3.05) is 42.6 Å². The third-order valence-corrected chi connectivity index (χ3v) is 5.48. The molecule has 2 saturated heterocycles. The molecule has 0 aromatic carbocycles. The Morgan fingerprint density at radius 3 is 2.60 bits per heavy atom. The fourth-order valence-electron chi connectivity index (χ4n) is 3.23. The lowest BCUT2D eigenvalue weighted by Crippen LogP contribution is -2.47. The second kappa shape index (κ2) is 7.39. The molecule has 0 bridgehead atoms. The van der Waals surface area contributed by atoms with E-state index in [2.05, 4.69) is 4.98 Å². The zero-order valence-corrected chi connectivity index (χ0v) is 14.4. The number of rotatable bonds is 2. The van der Waals surface area contributed by atoms with Gasteiger partial charge in [-0.1, -0.05) is 0 Å². The first-order valence-electron chi connectivity index (χ1n) is 8.20. The Morgan fingerprint density at radius 1 is 1.24 bits per heavy atom. The highest BCUT2D eigenvalue weighted by Crippen LogP contribution is 2.32. The van der Waals surface area contributed by atoms with Crippen molar-refractivity contribution in [3.05, 3.63) is 23.6 Å². The molecule has 138 valence electrons. The van der Waals surface area contributed by atoms with Gasteiger partial charge in [0, 0.05) is 43.9 Å². The Labute approximate surface area is 147 Å². The molecule has 1 amide bonds. The SMILES string of the molecule is O=C(C1CCCN(c2ncc(C(F)(F)F)cc2F)C1)N1CCSCC1. The summed E-state index contributed by atoms with van der Waals surface area (Å²) in [5.41, 5.74) is -1.11. The van der Waals surface area contributed by atoms with Crippen molar-refractivity contribution in [2.24, 2.45) is 5.92 Å². The van der Waals surface area contributed by atoms with Crippen LogP contribution in [0.15, 0.2) is 12.3 Å². The average Bonchev–Trinajstić information content (AvgIpc) is 2.61. The van der Waals surface area contributed by atoms with Crippen molar-refractivity contribution in [3.8, 4) is 0 Å². The maximum Gasteiger partial charge on any atom is 0.417 e. The molecule has 25 heavy (non-hydrogen) atoms. The van der Waals surface area contributed by atoms with Gasteiger partial charge in [-0.05, 0) is 18.9 Å². The van der Waals surface area contributed by atoms with E-state index in [0.717, 1.165) is 11.5 Å². The van der Waals surface area contributed by atoms with Crippen molar-refractivity contribution in [2.45, 2.75) is 19.0 Å². The molecule has 0 saturated carbocycles. The number of alkyl halides is 3. The van der Waals surface area contributed by atoms with Gasteiger partial charge in [0.2, 0.25) is 5.91 Å². The van der Waals surface area contributed by atoms with Gasteiger partial charge in [-0.2, -0.15) is 24.9 Å². The molecular weight excluding hydrogens is 358 g/mol. The van der Waals surface area contributed by atoms with Crippen LogP contribution in [0, 0.1) is 11.7 Å². The Bertz CT molecular complexity index is 634. The van der Waals surface area contributed by atoms with Gasteiger partial charge < -0.3 is 9.80 Å². The molecule has 0 spiro atoms. The first-order valence-corrected chi connectivity index (χ1v) is 9.36. The predicted molar refractivity (Wildman–Crippen MR) is 88.0 cm³/mol. The number of carbonyl (C=O) groups is 1. The Balaban J connectivity index is 1.72. The Morgan fingerprint density at radius 2 is 1.96 bits per heavy atom. The highest BCUT2D eigenvalue weighted by atomic mass is 32.2. The number of piperidine rings is 1. The number of halogens is 4. The van der Waals surface area contributed by atoms with E-state index in [1.165, 1.54) is 0 Å². The molecule has 0 aliphatic carbocycles. The molecule has 2 aliphatic heterocycles. The fourth-order valence-corrected chi connectivity index (χ4v) is 4.13. The van der Waals surface area contributed by atoms with Gasteiger partial charge in [0.1, 0.15) is 0 Å². The molecule has 9 heteroatoms. The van der Waals surface area contributed by atoms with Crippen LogP contribution < -0.4 is 4.90 Å². The maximum atomic E-state index is 14.1. The second-order valence-electron chi connectivity index (χ2n) is 6.25. The van der Waals surface area contributed by atoms with E-state index < -0.39 is 17.6 Å². The number of hydrogen-bond acceptors (Lipinski definition) is 4. The minimum absolute atomic E-state index is 0.0531. The zero-order chi connectivity index (χ0) is 18.0. The second-order valence-corrected chi connectivity index (χ2v) is 7.47. The van der Waals surface area contributed by atoms with Crippen LogP contribution >= 0.6 is 11.8 Å².